The average molecular weight is 178 g/mol. The Morgan fingerprint density at radius 2 is 2.08 bits per heavy atom. The van der Waals surface area contributed by atoms with Crippen molar-refractivity contribution in [3.63, 3.8) is 0 Å². The molecular formula is C13H22. The van der Waals surface area contributed by atoms with Gasteiger partial charge in [-0.2, -0.15) is 0 Å². The maximum atomic E-state index is 4.09. The van der Waals surface area contributed by atoms with Crippen LogP contribution in [-0.4, -0.2) is 0 Å². The molecule has 0 rings (SSSR count). The number of hydrogen-bond donors (Lipinski definition) is 0. The van der Waals surface area contributed by atoms with E-state index in [1.54, 1.807) is 0 Å². The molecule has 1 unspecified atom stereocenters. The van der Waals surface area contributed by atoms with Crippen LogP contribution in [0.2, 0.25) is 0 Å². The fourth-order valence-electron chi connectivity index (χ4n) is 1.07. The topological polar surface area (TPSA) is 0 Å². The Kier molecular flexibility index (Phi) is 6.30. The van der Waals surface area contributed by atoms with Crippen LogP contribution in [-0.2, 0) is 0 Å². The maximum absolute atomic E-state index is 4.09. The Labute approximate surface area is 83.0 Å². The van der Waals surface area contributed by atoms with Crippen LogP contribution in [0.3, 0.4) is 0 Å². The highest BCUT2D eigenvalue weighted by atomic mass is 14.1. The number of rotatable bonds is 6. The molecule has 1 atom stereocenters. The van der Waals surface area contributed by atoms with Crippen LogP contribution in [0.25, 0.3) is 0 Å². The van der Waals surface area contributed by atoms with Gasteiger partial charge in [-0.1, -0.05) is 43.7 Å². The Bertz CT molecular complexity index is 196. The quantitative estimate of drug-likeness (QED) is 0.525. The van der Waals surface area contributed by atoms with Gasteiger partial charge in [-0.25, -0.2) is 0 Å². The van der Waals surface area contributed by atoms with Crippen LogP contribution in [0.4, 0.5) is 0 Å². The minimum atomic E-state index is 0.568. The van der Waals surface area contributed by atoms with Crippen molar-refractivity contribution in [2.45, 2.75) is 40.0 Å². The van der Waals surface area contributed by atoms with Gasteiger partial charge >= 0.3 is 0 Å². The van der Waals surface area contributed by atoms with Gasteiger partial charge in [0.25, 0.3) is 0 Å². The van der Waals surface area contributed by atoms with Crippen molar-refractivity contribution < 1.29 is 0 Å². The van der Waals surface area contributed by atoms with Crippen LogP contribution in [0, 0.1) is 5.92 Å². The average Bonchev–Trinajstić information content (AvgIpc) is 2.13. The number of allylic oxidation sites excluding steroid dienone is 4. The minimum Gasteiger partial charge on any atom is -0.103 e. The van der Waals surface area contributed by atoms with Crippen LogP contribution in [0.15, 0.2) is 36.5 Å². The van der Waals surface area contributed by atoms with Crippen molar-refractivity contribution in [3.8, 4) is 0 Å². The van der Waals surface area contributed by atoms with Crippen molar-refractivity contribution in [3.05, 3.63) is 36.5 Å². The third kappa shape index (κ3) is 5.46. The lowest BCUT2D eigenvalue weighted by Gasteiger charge is -2.10. The molecule has 0 heteroatoms. The summed E-state index contributed by atoms with van der Waals surface area (Å²) in [4.78, 5) is 0. The zero-order valence-electron chi connectivity index (χ0n) is 9.27. The second-order valence-corrected chi connectivity index (χ2v) is 3.69. The van der Waals surface area contributed by atoms with Gasteiger partial charge in [-0.15, -0.1) is 6.58 Å². The lowest BCUT2D eigenvalue weighted by atomic mass is 9.95. The zero-order valence-corrected chi connectivity index (χ0v) is 9.27. The second-order valence-electron chi connectivity index (χ2n) is 3.69. The molecule has 13 heavy (non-hydrogen) atoms. The predicted octanol–water partition coefficient (Wildman–Crippen LogP) is 4.50. The summed E-state index contributed by atoms with van der Waals surface area (Å²) in [5.41, 5.74) is 2.76. The molecule has 74 valence electrons. The van der Waals surface area contributed by atoms with Gasteiger partial charge in [0, 0.05) is 0 Å². The lowest BCUT2D eigenvalue weighted by Crippen LogP contribution is -1.95. The van der Waals surface area contributed by atoms with E-state index in [0.29, 0.717) is 5.92 Å². The molecule has 0 bridgehead atoms. The van der Waals surface area contributed by atoms with Gasteiger partial charge in [0.2, 0.25) is 0 Å². The molecule has 0 aromatic rings. The molecule has 0 radical (unpaired) electrons. The van der Waals surface area contributed by atoms with Crippen molar-refractivity contribution in [1.82, 2.24) is 0 Å². The van der Waals surface area contributed by atoms with E-state index in [9.17, 15) is 0 Å². The Morgan fingerprint density at radius 3 is 2.54 bits per heavy atom. The second kappa shape index (κ2) is 6.71. The third-order valence-corrected chi connectivity index (χ3v) is 2.49. The molecule has 0 aliphatic rings. The van der Waals surface area contributed by atoms with Gasteiger partial charge in [0.15, 0.2) is 0 Å². The van der Waals surface area contributed by atoms with Crippen LogP contribution in [0.5, 0.6) is 0 Å². The molecule has 0 aliphatic heterocycles. The minimum absolute atomic E-state index is 0.568. The van der Waals surface area contributed by atoms with Gasteiger partial charge in [0.05, 0.1) is 0 Å². The molecule has 0 fully saturated rings. The first kappa shape index (κ1) is 12.2. The van der Waals surface area contributed by atoms with Gasteiger partial charge < -0.3 is 0 Å². The fourth-order valence-corrected chi connectivity index (χ4v) is 1.07. The standard InChI is InChI=1S/C13H22/c1-6-8-12(4)13(5)10-9-11(3)7-2/h6,9,12H,1,5,7-8,10H2,2-4H3. The van der Waals surface area contributed by atoms with Crippen LogP contribution in [0.1, 0.15) is 40.0 Å². The summed E-state index contributed by atoms with van der Waals surface area (Å²) in [7, 11) is 0. The fraction of sp³-hybridized carbons (Fsp3) is 0.538. The van der Waals surface area contributed by atoms with E-state index in [0.717, 1.165) is 19.3 Å². The van der Waals surface area contributed by atoms with Gasteiger partial charge in [-0.3, -0.25) is 0 Å². The molecule has 0 amide bonds. The van der Waals surface area contributed by atoms with E-state index in [4.69, 9.17) is 0 Å². The van der Waals surface area contributed by atoms with Crippen molar-refractivity contribution in [2.24, 2.45) is 5.92 Å². The SMILES string of the molecule is C=CCC(C)C(=C)CC=C(C)CC. The monoisotopic (exact) mass is 178 g/mol. The highest BCUT2D eigenvalue weighted by Gasteiger charge is 2.02. The predicted molar refractivity (Wildman–Crippen MR) is 61.8 cm³/mol. The zero-order chi connectivity index (χ0) is 10.3. The molecule has 0 nitrogen and oxygen atoms in total. The van der Waals surface area contributed by atoms with Crippen molar-refractivity contribution >= 4 is 0 Å². The molecule has 0 aliphatic carbocycles. The van der Waals surface area contributed by atoms with E-state index >= 15 is 0 Å². The maximum Gasteiger partial charge on any atom is -0.0136 e. The van der Waals surface area contributed by atoms with Crippen LogP contribution < -0.4 is 0 Å². The van der Waals surface area contributed by atoms with Crippen LogP contribution >= 0.6 is 0 Å². The molecule has 0 spiro atoms. The summed E-state index contributed by atoms with van der Waals surface area (Å²) >= 11 is 0. The normalized spacial score (nSPS) is 13.9. The van der Waals surface area contributed by atoms with E-state index < -0.39 is 0 Å². The molecule has 0 saturated carbocycles. The Morgan fingerprint density at radius 1 is 1.46 bits per heavy atom. The molecule has 0 N–H and O–H groups in total. The highest BCUT2D eigenvalue weighted by molar-refractivity contribution is 5.10. The van der Waals surface area contributed by atoms with Crippen molar-refractivity contribution in [2.75, 3.05) is 0 Å². The molecule has 0 saturated heterocycles. The molecule has 0 aromatic heterocycles. The van der Waals surface area contributed by atoms with E-state index in [1.165, 1.54) is 11.1 Å². The molecule has 0 heterocycles. The van der Waals surface area contributed by atoms with Crippen molar-refractivity contribution in [1.29, 1.82) is 0 Å². The Balaban J connectivity index is 3.93. The summed E-state index contributed by atoms with van der Waals surface area (Å²) in [6.07, 6.45) is 7.45. The summed E-state index contributed by atoms with van der Waals surface area (Å²) in [5, 5.41) is 0. The van der Waals surface area contributed by atoms with E-state index in [1.807, 2.05) is 6.08 Å². The third-order valence-electron chi connectivity index (χ3n) is 2.49. The van der Waals surface area contributed by atoms with E-state index in [2.05, 4.69) is 40.0 Å². The first-order valence-corrected chi connectivity index (χ1v) is 5.06. The lowest BCUT2D eigenvalue weighted by molar-refractivity contribution is 0.682. The van der Waals surface area contributed by atoms with Gasteiger partial charge in [0.1, 0.15) is 0 Å². The first-order valence-electron chi connectivity index (χ1n) is 5.06. The summed E-state index contributed by atoms with van der Waals surface area (Å²) < 4.78 is 0. The summed E-state index contributed by atoms with van der Waals surface area (Å²) in [5.74, 6) is 0.568. The number of hydrogen-bond acceptors (Lipinski definition) is 0. The smallest absolute Gasteiger partial charge is 0.0136 e. The van der Waals surface area contributed by atoms with Gasteiger partial charge in [-0.05, 0) is 32.1 Å². The largest absolute Gasteiger partial charge is 0.103 e. The molecular weight excluding hydrogens is 156 g/mol. The highest BCUT2D eigenvalue weighted by Crippen LogP contribution is 2.18. The van der Waals surface area contributed by atoms with E-state index in [-0.39, 0.29) is 0 Å². The summed E-state index contributed by atoms with van der Waals surface area (Å²) in [6, 6.07) is 0. The summed E-state index contributed by atoms with van der Waals surface area (Å²) in [6.45, 7) is 14.4. The molecule has 0 aromatic carbocycles. The Hall–Kier alpha value is -0.780. The first-order chi connectivity index (χ1) is 6.11.